The molecule has 3 rings (SSSR count). The molecule has 0 bridgehead atoms. The van der Waals surface area contributed by atoms with Crippen LogP contribution in [0.4, 0.5) is 5.13 Å². The standard InChI is InChI=1S/C23H27N5O2S/c1-15-11-18(17(3)28(15)16(2)14-30-4)12-19(13-24)22(29)25-9-10-26-23-27-20-7-5-6-8-21(20)31-23/h5-8,11-12,16H,9-10,14H2,1-4H3,(H,25,29)(H,26,27). The molecule has 1 unspecified atom stereocenters. The molecule has 0 aliphatic rings. The van der Waals surface area contributed by atoms with Gasteiger partial charge >= 0.3 is 0 Å². The van der Waals surface area contributed by atoms with Gasteiger partial charge in [-0.15, -0.1) is 0 Å². The number of amides is 1. The third kappa shape index (κ3) is 5.32. The minimum absolute atomic E-state index is 0.0830. The number of carbonyl (C=O) groups is 1. The summed E-state index contributed by atoms with van der Waals surface area (Å²) in [7, 11) is 1.68. The predicted molar refractivity (Wildman–Crippen MR) is 125 cm³/mol. The lowest BCUT2D eigenvalue weighted by atomic mass is 10.1. The highest BCUT2D eigenvalue weighted by Gasteiger charge is 2.15. The van der Waals surface area contributed by atoms with Crippen molar-refractivity contribution < 1.29 is 9.53 Å². The molecule has 1 amide bonds. The number of methoxy groups -OCH3 is 1. The maximum absolute atomic E-state index is 12.5. The number of hydrogen-bond donors (Lipinski definition) is 2. The van der Waals surface area contributed by atoms with Gasteiger partial charge in [0.05, 0.1) is 22.9 Å². The zero-order chi connectivity index (χ0) is 22.4. The fourth-order valence-electron chi connectivity index (χ4n) is 3.64. The van der Waals surface area contributed by atoms with Crippen molar-refractivity contribution in [3.05, 3.63) is 52.9 Å². The van der Waals surface area contributed by atoms with Crippen LogP contribution in [0.3, 0.4) is 0 Å². The number of hydrogen-bond acceptors (Lipinski definition) is 6. The van der Waals surface area contributed by atoms with Gasteiger partial charge in [0.2, 0.25) is 0 Å². The molecule has 0 aliphatic carbocycles. The van der Waals surface area contributed by atoms with Crippen molar-refractivity contribution in [2.75, 3.05) is 32.1 Å². The van der Waals surface area contributed by atoms with Crippen molar-refractivity contribution in [3.63, 3.8) is 0 Å². The Morgan fingerprint density at radius 3 is 2.84 bits per heavy atom. The average Bonchev–Trinajstić information content (AvgIpc) is 3.29. The van der Waals surface area contributed by atoms with Gasteiger partial charge in [0.15, 0.2) is 5.13 Å². The number of benzene rings is 1. The number of anilines is 1. The Morgan fingerprint density at radius 2 is 2.13 bits per heavy atom. The first-order valence-corrected chi connectivity index (χ1v) is 10.9. The topological polar surface area (TPSA) is 92.0 Å². The normalized spacial score (nSPS) is 12.5. The largest absolute Gasteiger partial charge is 0.383 e. The third-order valence-corrected chi connectivity index (χ3v) is 6.01. The molecule has 31 heavy (non-hydrogen) atoms. The van der Waals surface area contributed by atoms with E-state index in [9.17, 15) is 10.1 Å². The highest BCUT2D eigenvalue weighted by molar-refractivity contribution is 7.22. The summed E-state index contributed by atoms with van der Waals surface area (Å²) >= 11 is 1.57. The van der Waals surface area contributed by atoms with Gasteiger partial charge in [-0.2, -0.15) is 5.26 Å². The number of para-hydroxylation sites is 1. The van der Waals surface area contributed by atoms with Crippen molar-refractivity contribution in [3.8, 4) is 6.07 Å². The van der Waals surface area contributed by atoms with Crippen LogP contribution in [0, 0.1) is 25.2 Å². The number of aryl methyl sites for hydroxylation is 1. The second-order valence-corrected chi connectivity index (χ2v) is 8.37. The second kappa shape index (κ2) is 10.2. The lowest BCUT2D eigenvalue weighted by molar-refractivity contribution is -0.116. The molecule has 3 aromatic rings. The van der Waals surface area contributed by atoms with Crippen LogP contribution in [0.5, 0.6) is 0 Å². The first kappa shape index (κ1) is 22.5. The molecule has 1 aromatic carbocycles. The van der Waals surface area contributed by atoms with Gasteiger partial charge in [0.25, 0.3) is 5.91 Å². The molecule has 0 aliphatic heterocycles. The zero-order valence-corrected chi connectivity index (χ0v) is 19.0. The van der Waals surface area contributed by atoms with Gasteiger partial charge in [-0.25, -0.2) is 4.98 Å². The maximum atomic E-state index is 12.5. The number of ether oxygens (including phenoxy) is 1. The van der Waals surface area contributed by atoms with Crippen LogP contribution in [-0.4, -0.2) is 42.3 Å². The molecule has 0 spiro atoms. The molecule has 0 saturated carbocycles. The Kier molecular flexibility index (Phi) is 7.45. The Morgan fingerprint density at radius 1 is 1.35 bits per heavy atom. The number of thiazole rings is 1. The lowest BCUT2D eigenvalue weighted by Crippen LogP contribution is -2.29. The maximum Gasteiger partial charge on any atom is 0.262 e. The summed E-state index contributed by atoms with van der Waals surface area (Å²) < 4.78 is 8.53. The molecular weight excluding hydrogens is 410 g/mol. The number of fused-ring (bicyclic) bond motifs is 1. The number of nitrogens with zero attached hydrogens (tertiary/aromatic N) is 3. The van der Waals surface area contributed by atoms with Crippen LogP contribution in [-0.2, 0) is 9.53 Å². The van der Waals surface area contributed by atoms with Crippen molar-refractivity contribution in [2.24, 2.45) is 0 Å². The van der Waals surface area contributed by atoms with Crippen LogP contribution in [0.2, 0.25) is 0 Å². The van der Waals surface area contributed by atoms with Crippen LogP contribution in [0.1, 0.15) is 29.9 Å². The van der Waals surface area contributed by atoms with E-state index in [0.29, 0.717) is 19.7 Å². The van der Waals surface area contributed by atoms with E-state index in [1.165, 1.54) is 0 Å². The molecule has 7 nitrogen and oxygen atoms in total. The highest BCUT2D eigenvalue weighted by atomic mass is 32.1. The van der Waals surface area contributed by atoms with Gasteiger partial charge in [-0.05, 0) is 50.6 Å². The summed E-state index contributed by atoms with van der Waals surface area (Å²) in [6, 6.07) is 12.1. The van der Waals surface area contributed by atoms with Gasteiger partial charge in [0.1, 0.15) is 11.6 Å². The molecule has 0 fully saturated rings. The van der Waals surface area contributed by atoms with E-state index in [2.05, 4.69) is 27.1 Å². The third-order valence-electron chi connectivity index (χ3n) is 5.02. The molecule has 2 heterocycles. The smallest absolute Gasteiger partial charge is 0.262 e. The second-order valence-electron chi connectivity index (χ2n) is 7.34. The molecule has 0 radical (unpaired) electrons. The van der Waals surface area contributed by atoms with Crippen molar-refractivity contribution in [2.45, 2.75) is 26.8 Å². The van der Waals surface area contributed by atoms with Crippen LogP contribution in [0.25, 0.3) is 16.3 Å². The Balaban J connectivity index is 1.60. The lowest BCUT2D eigenvalue weighted by Gasteiger charge is -2.17. The van der Waals surface area contributed by atoms with Gasteiger partial charge in [-0.1, -0.05) is 23.5 Å². The zero-order valence-electron chi connectivity index (χ0n) is 18.2. The number of aromatic nitrogens is 2. The Labute approximate surface area is 186 Å². The summed E-state index contributed by atoms with van der Waals surface area (Å²) in [6.45, 7) is 7.57. The van der Waals surface area contributed by atoms with Crippen molar-refractivity contribution in [1.82, 2.24) is 14.9 Å². The fraction of sp³-hybridized carbons (Fsp3) is 0.348. The van der Waals surface area contributed by atoms with Crippen molar-refractivity contribution >= 4 is 38.7 Å². The van der Waals surface area contributed by atoms with E-state index in [1.54, 1.807) is 24.5 Å². The average molecular weight is 438 g/mol. The molecule has 162 valence electrons. The first-order chi connectivity index (χ1) is 14.9. The summed E-state index contributed by atoms with van der Waals surface area (Å²) in [5.74, 6) is -0.386. The van der Waals surface area contributed by atoms with Crippen LogP contribution < -0.4 is 10.6 Å². The monoisotopic (exact) mass is 437 g/mol. The summed E-state index contributed by atoms with van der Waals surface area (Å²) in [6.07, 6.45) is 1.65. The quantitative estimate of drug-likeness (QED) is 0.299. The molecule has 0 saturated heterocycles. The fourth-order valence-corrected chi connectivity index (χ4v) is 4.53. The molecule has 1 atom stereocenters. The molecule has 8 heteroatoms. The minimum atomic E-state index is -0.386. The van der Waals surface area contributed by atoms with Gasteiger partial charge < -0.3 is 19.9 Å². The Hall–Kier alpha value is -3.15. The van der Waals surface area contributed by atoms with Crippen LogP contribution in [0.15, 0.2) is 35.9 Å². The SMILES string of the molecule is COCC(C)n1c(C)cc(C=C(C#N)C(=O)NCCNc2nc3ccccc3s2)c1C. The number of rotatable bonds is 9. The van der Waals surface area contributed by atoms with E-state index in [1.807, 2.05) is 50.2 Å². The molecule has 2 N–H and O–H groups in total. The number of nitrogens with one attached hydrogen (secondary N) is 2. The summed E-state index contributed by atoms with van der Waals surface area (Å²) in [5.41, 5.74) is 3.96. The van der Waals surface area contributed by atoms with E-state index in [-0.39, 0.29) is 17.5 Å². The van der Waals surface area contributed by atoms with E-state index < -0.39 is 0 Å². The highest BCUT2D eigenvalue weighted by Crippen LogP contribution is 2.25. The van der Waals surface area contributed by atoms with Crippen molar-refractivity contribution in [1.29, 1.82) is 5.26 Å². The Bertz CT molecular complexity index is 1110. The van der Waals surface area contributed by atoms with Gasteiger partial charge in [0, 0.05) is 31.6 Å². The summed E-state index contributed by atoms with van der Waals surface area (Å²) in [5, 5.41) is 16.3. The minimum Gasteiger partial charge on any atom is -0.383 e. The number of carbonyl (C=O) groups excluding carboxylic acids is 1. The summed E-state index contributed by atoms with van der Waals surface area (Å²) in [4.78, 5) is 17.0. The van der Waals surface area contributed by atoms with E-state index in [4.69, 9.17) is 4.74 Å². The molecular formula is C23H27N5O2S. The van der Waals surface area contributed by atoms with E-state index in [0.717, 1.165) is 32.3 Å². The first-order valence-electron chi connectivity index (χ1n) is 10.1. The van der Waals surface area contributed by atoms with E-state index >= 15 is 0 Å². The van der Waals surface area contributed by atoms with Gasteiger partial charge in [-0.3, -0.25) is 4.79 Å². The number of nitriles is 1. The molecule has 2 aromatic heterocycles. The van der Waals surface area contributed by atoms with Crippen LogP contribution >= 0.6 is 11.3 Å². The predicted octanol–water partition coefficient (Wildman–Crippen LogP) is 4.06.